The molecule has 1 rings (SSSR count). The molecule has 2 heteroatoms. The summed E-state index contributed by atoms with van der Waals surface area (Å²) in [7, 11) is 0. The summed E-state index contributed by atoms with van der Waals surface area (Å²) in [5, 5.41) is 0.245. The second-order valence-corrected chi connectivity index (χ2v) is 2.18. The van der Waals surface area contributed by atoms with Crippen molar-refractivity contribution >= 4 is 18.0 Å². The zero-order valence-electron chi connectivity index (χ0n) is 2.60. The molecule has 0 bridgehead atoms. The van der Waals surface area contributed by atoms with Gasteiger partial charge in [0.25, 0.3) is 0 Å². The van der Waals surface area contributed by atoms with Crippen molar-refractivity contribution < 1.29 is 4.79 Å². The molecule has 1 heterocycles. The van der Waals surface area contributed by atoms with Gasteiger partial charge in [-0.3, -0.25) is 4.79 Å². The summed E-state index contributed by atoms with van der Waals surface area (Å²) in [6.45, 7) is 0. The second-order valence-electron chi connectivity index (χ2n) is 0.940. The van der Waals surface area contributed by atoms with Gasteiger partial charge in [0.2, 0.25) is 6.29 Å². The maximum absolute atomic E-state index is 9.42. The van der Waals surface area contributed by atoms with Crippen LogP contribution in [-0.4, -0.2) is 17.3 Å². The van der Waals surface area contributed by atoms with Crippen LogP contribution in [0.2, 0.25) is 0 Å². The van der Waals surface area contributed by atoms with Gasteiger partial charge in [-0.05, 0) is 0 Å². The smallest absolute Gasteiger partial charge is 0.213 e. The van der Waals surface area contributed by atoms with Gasteiger partial charge in [-0.15, -0.1) is 11.8 Å². The highest BCUT2D eigenvalue weighted by Crippen LogP contribution is 2.26. The minimum absolute atomic E-state index is 0.245. The Labute approximate surface area is 34.7 Å². The van der Waals surface area contributed by atoms with Crippen LogP contribution in [0.1, 0.15) is 0 Å². The maximum atomic E-state index is 9.42. The summed E-state index contributed by atoms with van der Waals surface area (Å²) in [5.41, 5.74) is 0. The van der Waals surface area contributed by atoms with Crippen LogP contribution in [0.5, 0.6) is 0 Å². The van der Waals surface area contributed by atoms with Gasteiger partial charge >= 0.3 is 0 Å². The summed E-state index contributed by atoms with van der Waals surface area (Å²) < 4.78 is 0. The van der Waals surface area contributed by atoms with E-state index in [-0.39, 0.29) is 5.25 Å². The molecule has 0 aliphatic carbocycles. The summed E-state index contributed by atoms with van der Waals surface area (Å²) in [5.74, 6) is 1.00. The monoisotopic (exact) mass is 87.0 g/mol. The van der Waals surface area contributed by atoms with Gasteiger partial charge < -0.3 is 0 Å². The molecule has 0 N–H and O–H groups in total. The van der Waals surface area contributed by atoms with E-state index in [2.05, 4.69) is 0 Å². The first kappa shape index (κ1) is 3.22. The highest BCUT2D eigenvalue weighted by molar-refractivity contribution is 8.07. The number of hydrogen-bond acceptors (Lipinski definition) is 2. The molecule has 27 valence electrons. The molecule has 0 amide bonds. The number of thioether (sulfide) groups is 1. The highest BCUT2D eigenvalue weighted by Gasteiger charge is 2.21. The van der Waals surface area contributed by atoms with E-state index in [4.69, 9.17) is 0 Å². The molecule has 0 aromatic heterocycles. The van der Waals surface area contributed by atoms with E-state index < -0.39 is 0 Å². The minimum Gasteiger partial charge on any atom is -0.290 e. The minimum atomic E-state index is 0.245. The van der Waals surface area contributed by atoms with Crippen LogP contribution in [0.4, 0.5) is 0 Å². The van der Waals surface area contributed by atoms with Crippen molar-refractivity contribution in [1.82, 2.24) is 0 Å². The Morgan fingerprint density at radius 2 is 2.60 bits per heavy atom. The summed E-state index contributed by atoms with van der Waals surface area (Å²) in [6, 6.07) is 0. The quantitative estimate of drug-likeness (QED) is 0.425. The van der Waals surface area contributed by atoms with Crippen molar-refractivity contribution in [3.63, 3.8) is 0 Å². The molecule has 0 aromatic rings. The van der Waals surface area contributed by atoms with Crippen molar-refractivity contribution in [3.05, 3.63) is 0 Å². The fourth-order valence-corrected chi connectivity index (χ4v) is 0.348. The van der Waals surface area contributed by atoms with Crippen molar-refractivity contribution in [3.8, 4) is 0 Å². The Hall–Kier alpha value is 0.0200. The Morgan fingerprint density at radius 1 is 2.00 bits per heavy atom. The van der Waals surface area contributed by atoms with E-state index in [1.54, 1.807) is 11.8 Å². The van der Waals surface area contributed by atoms with Crippen LogP contribution in [0, 0.1) is 0 Å². The van der Waals surface area contributed by atoms with Crippen LogP contribution < -0.4 is 0 Å². The first-order valence-corrected chi connectivity index (χ1v) is 2.47. The molecule has 5 heavy (non-hydrogen) atoms. The Morgan fingerprint density at radius 3 is 2.60 bits per heavy atom. The van der Waals surface area contributed by atoms with E-state index in [1.165, 1.54) is 0 Å². The zero-order valence-corrected chi connectivity index (χ0v) is 3.42. The van der Waals surface area contributed by atoms with E-state index >= 15 is 0 Å². The van der Waals surface area contributed by atoms with Gasteiger partial charge in [0, 0.05) is 5.75 Å². The standard InChI is InChI=1S/C3H3OS/c4-1-3-2-5-3/h3H,2H2. The molecule has 0 aromatic carbocycles. The van der Waals surface area contributed by atoms with Crippen LogP contribution in [0.15, 0.2) is 0 Å². The third-order valence-electron chi connectivity index (χ3n) is 0.465. The predicted octanol–water partition coefficient (Wildman–Crippen LogP) is 0.211. The first-order valence-electron chi connectivity index (χ1n) is 1.43. The van der Waals surface area contributed by atoms with E-state index in [0.29, 0.717) is 0 Å². The van der Waals surface area contributed by atoms with Crippen LogP contribution in [0.25, 0.3) is 0 Å². The molecule has 1 aliphatic heterocycles. The highest BCUT2D eigenvalue weighted by atomic mass is 32.2. The average molecular weight is 87.1 g/mol. The normalized spacial score (nSPS) is 33.2. The third-order valence-corrected chi connectivity index (χ3v) is 1.23. The number of rotatable bonds is 1. The summed E-state index contributed by atoms with van der Waals surface area (Å²) in [6.07, 6.45) is 1.85. The molecule has 1 atom stereocenters. The molecule has 1 unspecified atom stereocenters. The summed E-state index contributed by atoms with van der Waals surface area (Å²) >= 11 is 1.64. The lowest BCUT2D eigenvalue weighted by Crippen LogP contribution is -1.76. The van der Waals surface area contributed by atoms with Gasteiger partial charge in [-0.25, -0.2) is 0 Å². The lowest BCUT2D eigenvalue weighted by Gasteiger charge is -1.51. The van der Waals surface area contributed by atoms with Crippen LogP contribution >= 0.6 is 11.8 Å². The van der Waals surface area contributed by atoms with Gasteiger partial charge in [0.15, 0.2) is 0 Å². The van der Waals surface area contributed by atoms with Gasteiger partial charge in [-0.1, -0.05) is 0 Å². The van der Waals surface area contributed by atoms with Crippen molar-refractivity contribution in [2.75, 3.05) is 5.75 Å². The van der Waals surface area contributed by atoms with Crippen molar-refractivity contribution in [1.29, 1.82) is 0 Å². The molecule has 1 saturated heterocycles. The average Bonchev–Trinajstić information content (AvgIpc) is 2.12. The first-order chi connectivity index (χ1) is 2.43. The Kier molecular flexibility index (Phi) is 0.651. The SMILES string of the molecule is O=[C]C1CS1. The van der Waals surface area contributed by atoms with E-state index in [9.17, 15) is 4.79 Å². The van der Waals surface area contributed by atoms with Gasteiger partial charge in [0.1, 0.15) is 0 Å². The third kappa shape index (κ3) is 0.651. The molecule has 1 radical (unpaired) electrons. The molecule has 1 nitrogen and oxygen atoms in total. The lowest BCUT2D eigenvalue weighted by atomic mass is 10.6. The molecule has 1 fully saturated rings. The second kappa shape index (κ2) is 1.01. The fourth-order valence-electron chi connectivity index (χ4n) is 0.116. The largest absolute Gasteiger partial charge is 0.290 e. The molecule has 0 saturated carbocycles. The summed E-state index contributed by atoms with van der Waals surface area (Å²) in [4.78, 5) is 9.42. The lowest BCUT2D eigenvalue weighted by molar-refractivity contribution is 0.557. The Bertz CT molecular complexity index is 48.9. The molecular weight excluding hydrogens is 84.1 g/mol. The molecular formula is C3H3OS. The van der Waals surface area contributed by atoms with Crippen LogP contribution in [0.3, 0.4) is 0 Å². The van der Waals surface area contributed by atoms with Gasteiger partial charge in [0.05, 0.1) is 5.25 Å². The van der Waals surface area contributed by atoms with E-state index in [0.717, 1.165) is 5.75 Å². The fraction of sp³-hybridized carbons (Fsp3) is 0.667. The predicted molar refractivity (Wildman–Crippen MR) is 21.9 cm³/mol. The molecule has 0 spiro atoms. The zero-order chi connectivity index (χ0) is 3.70. The topological polar surface area (TPSA) is 17.1 Å². The Balaban J connectivity index is 2.21. The number of carbonyl (C=O) groups excluding carboxylic acids is 1. The van der Waals surface area contributed by atoms with Crippen molar-refractivity contribution in [2.24, 2.45) is 0 Å². The van der Waals surface area contributed by atoms with Crippen molar-refractivity contribution in [2.45, 2.75) is 5.25 Å². The van der Waals surface area contributed by atoms with Crippen LogP contribution in [-0.2, 0) is 4.79 Å². The number of hydrogen-bond donors (Lipinski definition) is 0. The molecule has 1 aliphatic rings. The van der Waals surface area contributed by atoms with E-state index in [1.807, 2.05) is 6.29 Å². The van der Waals surface area contributed by atoms with Gasteiger partial charge in [-0.2, -0.15) is 0 Å². The maximum Gasteiger partial charge on any atom is 0.213 e.